The Labute approximate surface area is 116 Å². The first kappa shape index (κ1) is 14.8. The van der Waals surface area contributed by atoms with Gasteiger partial charge < -0.3 is 9.64 Å². The van der Waals surface area contributed by atoms with Crippen molar-refractivity contribution >= 4 is 5.91 Å². The molecule has 1 aliphatic carbocycles. The molecule has 1 spiro atoms. The van der Waals surface area contributed by atoms with Crippen molar-refractivity contribution in [2.45, 2.75) is 70.7 Å². The van der Waals surface area contributed by atoms with E-state index in [0.717, 1.165) is 19.3 Å². The number of amides is 1. The molecule has 1 saturated heterocycles. The fraction of sp³-hybridized carbons (Fsp3) is 0.933. The van der Waals surface area contributed by atoms with Crippen LogP contribution in [0.4, 0.5) is 0 Å². The molecule has 2 atom stereocenters. The van der Waals surface area contributed by atoms with E-state index in [9.17, 15) is 4.79 Å². The molecule has 19 heavy (non-hydrogen) atoms. The first-order valence-corrected chi connectivity index (χ1v) is 7.60. The Morgan fingerprint density at radius 2 is 2.00 bits per heavy atom. The maximum Gasteiger partial charge on any atom is 0.244 e. The second kappa shape index (κ2) is 5.80. The number of nitrogens with one attached hydrogen (secondary N) is 1. The van der Waals surface area contributed by atoms with Crippen LogP contribution in [0.1, 0.15) is 52.9 Å². The fourth-order valence-electron chi connectivity index (χ4n) is 3.41. The number of rotatable bonds is 5. The van der Waals surface area contributed by atoms with Crippen LogP contribution in [-0.4, -0.2) is 42.3 Å². The predicted molar refractivity (Wildman–Crippen MR) is 75.8 cm³/mol. The number of ether oxygens (including phenoxy) is 1. The molecule has 0 radical (unpaired) electrons. The minimum Gasteiger partial charge on any atom is -0.380 e. The molecule has 2 aliphatic rings. The minimum atomic E-state index is -0.257. The maximum atomic E-state index is 12.8. The summed E-state index contributed by atoms with van der Waals surface area (Å²) in [4.78, 5) is 14.8. The summed E-state index contributed by atoms with van der Waals surface area (Å²) in [5, 5.41) is 3.65. The topological polar surface area (TPSA) is 41.6 Å². The second-order valence-corrected chi connectivity index (χ2v) is 6.58. The van der Waals surface area contributed by atoms with Crippen LogP contribution < -0.4 is 5.32 Å². The third kappa shape index (κ3) is 2.95. The largest absolute Gasteiger partial charge is 0.380 e. The lowest BCUT2D eigenvalue weighted by atomic mass is 9.98. The molecule has 1 amide bonds. The molecule has 2 rings (SSSR count). The number of nitrogens with zero attached hydrogens (tertiary/aromatic N) is 1. The standard InChI is InChI=1S/C15H28N2O2/c1-11(2)9-13-16-15(7-5-6-8-15)14(18)17(13)10-12(3)19-4/h11-13,16H,5-10H2,1-4H3. The van der Waals surface area contributed by atoms with Crippen molar-refractivity contribution in [3.05, 3.63) is 0 Å². The molecule has 1 heterocycles. The molecule has 0 aromatic heterocycles. The highest BCUT2D eigenvalue weighted by molar-refractivity contribution is 5.89. The lowest BCUT2D eigenvalue weighted by Gasteiger charge is -2.27. The molecule has 4 nitrogen and oxygen atoms in total. The molecule has 0 aromatic carbocycles. The van der Waals surface area contributed by atoms with E-state index in [1.54, 1.807) is 7.11 Å². The van der Waals surface area contributed by atoms with Gasteiger partial charge in [0.15, 0.2) is 0 Å². The van der Waals surface area contributed by atoms with Gasteiger partial charge in [-0.05, 0) is 32.1 Å². The summed E-state index contributed by atoms with van der Waals surface area (Å²) in [6, 6.07) is 0. The van der Waals surface area contributed by atoms with Gasteiger partial charge in [0.1, 0.15) is 0 Å². The van der Waals surface area contributed by atoms with Gasteiger partial charge in [0.2, 0.25) is 5.91 Å². The van der Waals surface area contributed by atoms with Crippen molar-refractivity contribution < 1.29 is 9.53 Å². The molecule has 0 bridgehead atoms. The van der Waals surface area contributed by atoms with Gasteiger partial charge in [0, 0.05) is 13.7 Å². The van der Waals surface area contributed by atoms with Gasteiger partial charge in [0.05, 0.1) is 17.8 Å². The molecule has 2 fully saturated rings. The average Bonchev–Trinajstić information content (AvgIpc) is 2.91. The summed E-state index contributed by atoms with van der Waals surface area (Å²) in [7, 11) is 1.71. The van der Waals surface area contributed by atoms with Gasteiger partial charge in [-0.15, -0.1) is 0 Å². The third-order valence-electron chi connectivity index (χ3n) is 4.50. The number of carbonyl (C=O) groups is 1. The van der Waals surface area contributed by atoms with Crippen LogP contribution in [0, 0.1) is 5.92 Å². The van der Waals surface area contributed by atoms with Crippen LogP contribution in [0.2, 0.25) is 0 Å². The Balaban J connectivity index is 2.13. The smallest absolute Gasteiger partial charge is 0.244 e. The number of hydrogen-bond donors (Lipinski definition) is 1. The molecule has 2 unspecified atom stereocenters. The van der Waals surface area contributed by atoms with Gasteiger partial charge in [-0.3, -0.25) is 10.1 Å². The number of hydrogen-bond acceptors (Lipinski definition) is 3. The quantitative estimate of drug-likeness (QED) is 0.830. The van der Waals surface area contributed by atoms with Gasteiger partial charge in [-0.2, -0.15) is 0 Å². The normalized spacial score (nSPS) is 27.7. The van der Waals surface area contributed by atoms with Crippen LogP contribution in [0.5, 0.6) is 0 Å². The van der Waals surface area contributed by atoms with Gasteiger partial charge >= 0.3 is 0 Å². The van der Waals surface area contributed by atoms with Crippen molar-refractivity contribution in [3.63, 3.8) is 0 Å². The van der Waals surface area contributed by atoms with Crippen molar-refractivity contribution in [2.24, 2.45) is 5.92 Å². The summed E-state index contributed by atoms with van der Waals surface area (Å²) >= 11 is 0. The Morgan fingerprint density at radius 3 is 2.53 bits per heavy atom. The van der Waals surface area contributed by atoms with E-state index in [2.05, 4.69) is 19.2 Å². The molecule has 1 aliphatic heterocycles. The van der Waals surface area contributed by atoms with Crippen molar-refractivity contribution in [3.8, 4) is 0 Å². The number of carbonyl (C=O) groups excluding carboxylic acids is 1. The Hall–Kier alpha value is -0.610. The Bertz CT molecular complexity index is 324. The zero-order chi connectivity index (χ0) is 14.0. The second-order valence-electron chi connectivity index (χ2n) is 6.58. The zero-order valence-corrected chi connectivity index (χ0v) is 12.7. The summed E-state index contributed by atoms with van der Waals surface area (Å²) in [5.41, 5.74) is -0.257. The van der Waals surface area contributed by atoms with Crippen LogP contribution in [-0.2, 0) is 9.53 Å². The molecule has 1 saturated carbocycles. The van der Waals surface area contributed by atoms with E-state index in [-0.39, 0.29) is 17.8 Å². The molecular weight excluding hydrogens is 240 g/mol. The summed E-state index contributed by atoms with van der Waals surface area (Å²) < 4.78 is 5.34. The molecule has 0 aromatic rings. The highest BCUT2D eigenvalue weighted by Crippen LogP contribution is 2.37. The monoisotopic (exact) mass is 268 g/mol. The molecule has 1 N–H and O–H groups in total. The highest BCUT2D eigenvalue weighted by Gasteiger charge is 2.52. The van der Waals surface area contributed by atoms with Gasteiger partial charge in [-0.25, -0.2) is 0 Å². The van der Waals surface area contributed by atoms with E-state index in [1.807, 2.05) is 11.8 Å². The average molecular weight is 268 g/mol. The van der Waals surface area contributed by atoms with Crippen LogP contribution in [0.3, 0.4) is 0 Å². The van der Waals surface area contributed by atoms with E-state index in [4.69, 9.17) is 4.74 Å². The molecule has 4 heteroatoms. The van der Waals surface area contributed by atoms with Crippen LogP contribution in [0.15, 0.2) is 0 Å². The summed E-state index contributed by atoms with van der Waals surface area (Å²) in [6.45, 7) is 7.15. The fourth-order valence-corrected chi connectivity index (χ4v) is 3.41. The minimum absolute atomic E-state index is 0.0944. The lowest BCUT2D eigenvalue weighted by Crippen LogP contribution is -2.45. The first-order chi connectivity index (χ1) is 8.98. The molecule has 110 valence electrons. The number of methoxy groups -OCH3 is 1. The molecular formula is C15H28N2O2. The van der Waals surface area contributed by atoms with Gasteiger partial charge in [-0.1, -0.05) is 26.7 Å². The van der Waals surface area contributed by atoms with E-state index in [1.165, 1.54) is 12.8 Å². The Morgan fingerprint density at radius 1 is 1.37 bits per heavy atom. The van der Waals surface area contributed by atoms with E-state index >= 15 is 0 Å². The predicted octanol–water partition coefficient (Wildman–Crippen LogP) is 2.14. The lowest BCUT2D eigenvalue weighted by molar-refractivity contribution is -0.134. The Kier molecular flexibility index (Phi) is 4.51. The van der Waals surface area contributed by atoms with Crippen LogP contribution >= 0.6 is 0 Å². The van der Waals surface area contributed by atoms with Crippen molar-refractivity contribution in [2.75, 3.05) is 13.7 Å². The third-order valence-corrected chi connectivity index (χ3v) is 4.50. The zero-order valence-electron chi connectivity index (χ0n) is 12.7. The van der Waals surface area contributed by atoms with Crippen LogP contribution in [0.25, 0.3) is 0 Å². The van der Waals surface area contributed by atoms with Crippen molar-refractivity contribution in [1.82, 2.24) is 10.2 Å². The van der Waals surface area contributed by atoms with E-state index in [0.29, 0.717) is 18.4 Å². The first-order valence-electron chi connectivity index (χ1n) is 7.60. The van der Waals surface area contributed by atoms with E-state index < -0.39 is 0 Å². The highest BCUT2D eigenvalue weighted by atomic mass is 16.5. The SMILES string of the molecule is COC(C)CN1C(=O)C2(CCCC2)NC1CC(C)C. The maximum absolute atomic E-state index is 12.8. The van der Waals surface area contributed by atoms with Gasteiger partial charge in [0.25, 0.3) is 0 Å². The van der Waals surface area contributed by atoms with Crippen molar-refractivity contribution in [1.29, 1.82) is 0 Å². The summed E-state index contributed by atoms with van der Waals surface area (Å²) in [6.07, 6.45) is 5.63. The summed E-state index contributed by atoms with van der Waals surface area (Å²) in [5.74, 6) is 0.891.